The Morgan fingerprint density at radius 1 is 1.27 bits per heavy atom. The van der Waals surface area contributed by atoms with Crippen LogP contribution in [0.3, 0.4) is 0 Å². The Kier molecular flexibility index (Phi) is 2.86. The Labute approximate surface area is 89.2 Å². The molecule has 0 aromatic heterocycles. The van der Waals surface area contributed by atoms with Gasteiger partial charge in [0.25, 0.3) is 0 Å². The summed E-state index contributed by atoms with van der Waals surface area (Å²) >= 11 is 0. The highest BCUT2D eigenvalue weighted by molar-refractivity contribution is 5.88. The summed E-state index contributed by atoms with van der Waals surface area (Å²) in [6.45, 7) is 0. The molecule has 1 aromatic rings. The van der Waals surface area contributed by atoms with Crippen molar-refractivity contribution in [3.05, 3.63) is 41.5 Å². The van der Waals surface area contributed by atoms with Gasteiger partial charge in [-0.1, -0.05) is 18.2 Å². The van der Waals surface area contributed by atoms with E-state index in [0.29, 0.717) is 5.56 Å². The summed E-state index contributed by atoms with van der Waals surface area (Å²) in [5.74, 6) is -0.853. The summed E-state index contributed by atoms with van der Waals surface area (Å²) < 4.78 is 0. The van der Waals surface area contributed by atoms with Crippen molar-refractivity contribution < 1.29 is 9.90 Å². The van der Waals surface area contributed by atoms with Gasteiger partial charge in [0.15, 0.2) is 0 Å². The summed E-state index contributed by atoms with van der Waals surface area (Å²) in [6, 6.07) is 7.20. The van der Waals surface area contributed by atoms with Crippen LogP contribution in [0.15, 0.2) is 30.3 Å². The smallest absolute Gasteiger partial charge is 0.335 e. The average molecular weight is 202 g/mol. The second-order valence-electron chi connectivity index (χ2n) is 3.86. The summed E-state index contributed by atoms with van der Waals surface area (Å²) in [4.78, 5) is 10.8. The van der Waals surface area contributed by atoms with Crippen LogP contribution in [0.25, 0.3) is 5.57 Å². The van der Waals surface area contributed by atoms with Crippen molar-refractivity contribution in [3.63, 3.8) is 0 Å². The molecule has 1 aliphatic rings. The maximum absolute atomic E-state index is 10.8. The number of aromatic carboxylic acids is 1. The van der Waals surface area contributed by atoms with Gasteiger partial charge < -0.3 is 5.11 Å². The Morgan fingerprint density at radius 2 is 2.13 bits per heavy atom. The molecule has 0 spiro atoms. The highest BCUT2D eigenvalue weighted by atomic mass is 16.4. The van der Waals surface area contributed by atoms with Crippen LogP contribution in [0.1, 0.15) is 41.6 Å². The number of allylic oxidation sites excluding steroid dienone is 2. The number of carbonyl (C=O) groups is 1. The van der Waals surface area contributed by atoms with Crippen molar-refractivity contribution in [1.82, 2.24) is 0 Å². The first-order chi connectivity index (χ1) is 7.27. The lowest BCUT2D eigenvalue weighted by atomic mass is 9.93. The molecule has 15 heavy (non-hydrogen) atoms. The molecule has 0 saturated carbocycles. The predicted octanol–water partition coefficient (Wildman–Crippen LogP) is 3.34. The maximum atomic E-state index is 10.8. The molecule has 0 radical (unpaired) electrons. The van der Waals surface area contributed by atoms with Gasteiger partial charge in [-0.05, 0) is 49.0 Å². The normalized spacial score (nSPS) is 15.9. The molecule has 2 nitrogen and oxygen atoms in total. The molecule has 1 N–H and O–H groups in total. The van der Waals surface area contributed by atoms with E-state index in [0.717, 1.165) is 18.4 Å². The second kappa shape index (κ2) is 4.30. The van der Waals surface area contributed by atoms with Crippen LogP contribution in [0, 0.1) is 0 Å². The third kappa shape index (κ3) is 2.27. The topological polar surface area (TPSA) is 37.3 Å². The third-order valence-electron chi connectivity index (χ3n) is 2.77. The standard InChI is InChI=1S/C13H14O2/c14-13(15)12-8-4-7-11(9-12)10-5-2-1-3-6-10/h4-5,7-9H,1-3,6H2,(H,14,15). The molecule has 0 heterocycles. The fraction of sp³-hybridized carbons (Fsp3) is 0.308. The van der Waals surface area contributed by atoms with Crippen molar-refractivity contribution in [1.29, 1.82) is 0 Å². The van der Waals surface area contributed by atoms with Crippen LogP contribution in [-0.4, -0.2) is 11.1 Å². The Hall–Kier alpha value is -1.57. The monoisotopic (exact) mass is 202 g/mol. The van der Waals surface area contributed by atoms with Gasteiger partial charge in [0.05, 0.1) is 5.56 Å². The summed E-state index contributed by atoms with van der Waals surface area (Å²) in [7, 11) is 0. The average Bonchev–Trinajstić information content (AvgIpc) is 2.30. The molecule has 1 aliphatic carbocycles. The van der Waals surface area contributed by atoms with E-state index in [4.69, 9.17) is 5.11 Å². The van der Waals surface area contributed by atoms with Crippen molar-refractivity contribution in [2.24, 2.45) is 0 Å². The lowest BCUT2D eigenvalue weighted by Crippen LogP contribution is -1.98. The fourth-order valence-corrected chi connectivity index (χ4v) is 1.95. The van der Waals surface area contributed by atoms with Crippen molar-refractivity contribution in [3.8, 4) is 0 Å². The van der Waals surface area contributed by atoms with Gasteiger partial charge in [-0.3, -0.25) is 0 Å². The first-order valence-electron chi connectivity index (χ1n) is 5.30. The number of benzene rings is 1. The van der Waals surface area contributed by atoms with Crippen LogP contribution >= 0.6 is 0 Å². The van der Waals surface area contributed by atoms with Crippen molar-refractivity contribution in [2.45, 2.75) is 25.7 Å². The lowest BCUT2D eigenvalue weighted by Gasteiger charge is -2.13. The van der Waals surface area contributed by atoms with E-state index in [-0.39, 0.29) is 0 Å². The SMILES string of the molecule is O=C(O)c1cccc(C2=CCCCC2)c1. The molecule has 0 fully saturated rings. The number of carboxylic acid groups (broad SMARTS) is 1. The molecule has 2 heteroatoms. The molecule has 0 saturated heterocycles. The molecule has 0 unspecified atom stereocenters. The van der Waals surface area contributed by atoms with E-state index in [1.807, 2.05) is 12.1 Å². The maximum Gasteiger partial charge on any atom is 0.335 e. The van der Waals surface area contributed by atoms with Gasteiger partial charge in [0.2, 0.25) is 0 Å². The van der Waals surface area contributed by atoms with Gasteiger partial charge >= 0.3 is 5.97 Å². The van der Waals surface area contributed by atoms with Crippen molar-refractivity contribution in [2.75, 3.05) is 0 Å². The minimum Gasteiger partial charge on any atom is -0.478 e. The van der Waals surface area contributed by atoms with E-state index in [9.17, 15) is 4.79 Å². The number of carboxylic acids is 1. The zero-order chi connectivity index (χ0) is 10.7. The summed E-state index contributed by atoms with van der Waals surface area (Å²) in [6.07, 6.45) is 6.88. The fourth-order valence-electron chi connectivity index (χ4n) is 1.95. The van der Waals surface area contributed by atoms with Crippen LogP contribution in [-0.2, 0) is 0 Å². The first kappa shape index (κ1) is 9.97. The molecule has 0 amide bonds. The molecule has 1 aromatic carbocycles. The number of hydrogen-bond donors (Lipinski definition) is 1. The largest absolute Gasteiger partial charge is 0.478 e. The zero-order valence-corrected chi connectivity index (χ0v) is 8.57. The quantitative estimate of drug-likeness (QED) is 0.798. The van der Waals surface area contributed by atoms with Crippen LogP contribution in [0.2, 0.25) is 0 Å². The van der Waals surface area contributed by atoms with Gasteiger partial charge in [-0.25, -0.2) is 4.79 Å². The Bertz CT molecular complexity index is 405. The van der Waals surface area contributed by atoms with E-state index in [1.165, 1.54) is 18.4 Å². The van der Waals surface area contributed by atoms with Gasteiger partial charge in [-0.15, -0.1) is 0 Å². The van der Waals surface area contributed by atoms with Gasteiger partial charge in [0, 0.05) is 0 Å². The molecule has 0 bridgehead atoms. The Morgan fingerprint density at radius 3 is 2.80 bits per heavy atom. The molecular weight excluding hydrogens is 188 g/mol. The molecule has 0 aliphatic heterocycles. The van der Waals surface area contributed by atoms with Crippen molar-refractivity contribution >= 4 is 11.5 Å². The van der Waals surface area contributed by atoms with E-state index in [2.05, 4.69) is 6.08 Å². The predicted molar refractivity (Wildman–Crippen MR) is 59.8 cm³/mol. The molecule has 78 valence electrons. The third-order valence-corrected chi connectivity index (χ3v) is 2.77. The Balaban J connectivity index is 2.31. The van der Waals surface area contributed by atoms with Crippen LogP contribution in [0.4, 0.5) is 0 Å². The number of rotatable bonds is 2. The second-order valence-corrected chi connectivity index (χ2v) is 3.86. The van der Waals surface area contributed by atoms with Gasteiger partial charge in [-0.2, -0.15) is 0 Å². The highest BCUT2D eigenvalue weighted by Gasteiger charge is 2.08. The molecule has 0 atom stereocenters. The highest BCUT2D eigenvalue weighted by Crippen LogP contribution is 2.26. The van der Waals surface area contributed by atoms with Gasteiger partial charge in [0.1, 0.15) is 0 Å². The number of hydrogen-bond acceptors (Lipinski definition) is 1. The summed E-state index contributed by atoms with van der Waals surface area (Å²) in [5, 5.41) is 8.89. The minimum atomic E-state index is -0.853. The molecule has 2 rings (SSSR count). The van der Waals surface area contributed by atoms with E-state index >= 15 is 0 Å². The first-order valence-corrected chi connectivity index (χ1v) is 5.30. The minimum absolute atomic E-state index is 0.374. The molecular formula is C13H14O2. The van der Waals surface area contributed by atoms with E-state index in [1.54, 1.807) is 12.1 Å². The summed E-state index contributed by atoms with van der Waals surface area (Å²) in [5.41, 5.74) is 2.73. The zero-order valence-electron chi connectivity index (χ0n) is 8.57. The van der Waals surface area contributed by atoms with E-state index < -0.39 is 5.97 Å². The van der Waals surface area contributed by atoms with Crippen LogP contribution in [0.5, 0.6) is 0 Å². The van der Waals surface area contributed by atoms with Crippen LogP contribution < -0.4 is 0 Å². The lowest BCUT2D eigenvalue weighted by molar-refractivity contribution is 0.0697.